The molecule has 0 bridgehead atoms. The van der Waals surface area contributed by atoms with E-state index in [2.05, 4.69) is 18.2 Å². The molecule has 0 spiro atoms. The van der Waals surface area contributed by atoms with Gasteiger partial charge in [0.25, 0.3) is 0 Å². The molecule has 1 nitrogen and oxygen atoms in total. The minimum absolute atomic E-state index is 0. The van der Waals surface area contributed by atoms with E-state index in [1.165, 1.54) is 0 Å². The summed E-state index contributed by atoms with van der Waals surface area (Å²) in [4.78, 5) is 0. The van der Waals surface area contributed by atoms with Crippen molar-refractivity contribution in [1.82, 2.24) is 5.32 Å². The molecule has 0 aliphatic heterocycles. The fraction of sp³-hybridized carbons (Fsp3) is 0.667. The third kappa shape index (κ3) is 17.8. The zero-order chi connectivity index (χ0) is 5.54. The third-order valence-electron chi connectivity index (χ3n) is 0.697. The maximum atomic E-state index is 3.17. The summed E-state index contributed by atoms with van der Waals surface area (Å²) >= 11 is 0. The molecule has 0 aromatic heterocycles. The molecular formula is C6H13NY2-2. The molecule has 1 N–H and O–H groups in total. The largest absolute Gasteiger partial charge is 0.376 e. The summed E-state index contributed by atoms with van der Waals surface area (Å²) in [6.45, 7) is 6.12. The summed E-state index contributed by atoms with van der Waals surface area (Å²) in [5, 5.41) is 3.17. The second-order valence-electron chi connectivity index (χ2n) is 1.47. The van der Waals surface area contributed by atoms with Gasteiger partial charge in [0.05, 0.1) is 0 Å². The number of rotatable bonds is 4. The van der Waals surface area contributed by atoms with E-state index in [1.54, 1.807) is 0 Å². The van der Waals surface area contributed by atoms with Crippen LogP contribution in [-0.4, -0.2) is 13.1 Å². The molecule has 0 rings (SSSR count). The van der Waals surface area contributed by atoms with E-state index in [1.807, 2.05) is 13.8 Å². The Kier molecular flexibility index (Phi) is 32.0. The molecule has 0 aliphatic carbocycles. The SMILES string of the molecule is C[CH-]CNC[CH-]C.[Y].[Y]. The van der Waals surface area contributed by atoms with Gasteiger partial charge in [0.15, 0.2) is 0 Å². The predicted octanol–water partition coefficient (Wildman–Crippen LogP) is 1.02. The summed E-state index contributed by atoms with van der Waals surface area (Å²) < 4.78 is 0. The summed E-state index contributed by atoms with van der Waals surface area (Å²) in [5.74, 6) is 0. The Balaban J connectivity index is -0.000000180. The minimum Gasteiger partial charge on any atom is -0.376 e. The molecule has 0 aliphatic rings. The quantitative estimate of drug-likeness (QED) is 0.597. The molecule has 0 heterocycles. The van der Waals surface area contributed by atoms with Crippen LogP contribution in [0.4, 0.5) is 0 Å². The van der Waals surface area contributed by atoms with Gasteiger partial charge in [-0.05, 0) is 0 Å². The van der Waals surface area contributed by atoms with Crippen LogP contribution in [0.5, 0.6) is 0 Å². The standard InChI is InChI=1S/C6H13N.2Y/c1-3-5-7-6-4-2;;/h3-4,7H,5-6H2,1-2H3;;/q-2;;. The van der Waals surface area contributed by atoms with Crippen LogP contribution in [0.1, 0.15) is 13.8 Å². The molecule has 0 unspecified atom stereocenters. The van der Waals surface area contributed by atoms with Gasteiger partial charge in [0.2, 0.25) is 0 Å². The van der Waals surface area contributed by atoms with Gasteiger partial charge in [0, 0.05) is 65.4 Å². The predicted molar refractivity (Wildman–Crippen MR) is 32.8 cm³/mol. The molecule has 3 heteroatoms. The first-order valence-corrected chi connectivity index (χ1v) is 2.68. The third-order valence-corrected chi connectivity index (χ3v) is 0.697. The molecule has 0 aromatic rings. The molecule has 2 radical (unpaired) electrons. The number of hydrogen-bond acceptors (Lipinski definition) is 1. The maximum absolute atomic E-state index is 3.17. The fourth-order valence-electron chi connectivity index (χ4n) is 0.372. The van der Waals surface area contributed by atoms with Gasteiger partial charge < -0.3 is 18.2 Å². The van der Waals surface area contributed by atoms with Crippen LogP contribution in [0, 0.1) is 12.8 Å². The second kappa shape index (κ2) is 16.6. The van der Waals surface area contributed by atoms with Crippen LogP contribution in [0.25, 0.3) is 0 Å². The van der Waals surface area contributed by atoms with Gasteiger partial charge in [-0.15, -0.1) is 13.1 Å². The van der Waals surface area contributed by atoms with Crippen molar-refractivity contribution in [3.63, 3.8) is 0 Å². The van der Waals surface area contributed by atoms with Crippen LogP contribution in [0.3, 0.4) is 0 Å². The first-order valence-electron chi connectivity index (χ1n) is 2.68. The molecule has 0 aromatic carbocycles. The van der Waals surface area contributed by atoms with Gasteiger partial charge in [-0.3, -0.25) is 0 Å². The van der Waals surface area contributed by atoms with Crippen molar-refractivity contribution in [1.29, 1.82) is 0 Å². The van der Waals surface area contributed by atoms with Crippen molar-refractivity contribution in [2.75, 3.05) is 13.1 Å². The second-order valence-corrected chi connectivity index (χ2v) is 1.47. The van der Waals surface area contributed by atoms with Crippen molar-refractivity contribution in [3.8, 4) is 0 Å². The average molecular weight is 277 g/mol. The summed E-state index contributed by atoms with van der Waals surface area (Å²) in [7, 11) is 0. The van der Waals surface area contributed by atoms with E-state index in [9.17, 15) is 0 Å². The van der Waals surface area contributed by atoms with E-state index < -0.39 is 0 Å². The van der Waals surface area contributed by atoms with Gasteiger partial charge in [-0.25, -0.2) is 0 Å². The molecule has 9 heavy (non-hydrogen) atoms. The van der Waals surface area contributed by atoms with Gasteiger partial charge in [-0.2, -0.15) is 13.8 Å². The Bertz CT molecular complexity index is 30.2. The Hall–Kier alpha value is 2.17. The molecular weight excluding hydrogens is 264 g/mol. The van der Waals surface area contributed by atoms with E-state index in [4.69, 9.17) is 0 Å². The van der Waals surface area contributed by atoms with Crippen molar-refractivity contribution < 1.29 is 65.4 Å². The number of hydrogen-bond donors (Lipinski definition) is 1. The van der Waals surface area contributed by atoms with Gasteiger partial charge in [0.1, 0.15) is 0 Å². The Morgan fingerprint density at radius 2 is 1.33 bits per heavy atom. The molecule has 50 valence electrons. The monoisotopic (exact) mass is 277 g/mol. The molecule has 0 fully saturated rings. The Labute approximate surface area is 109 Å². The molecule has 0 saturated heterocycles. The number of nitrogens with one attached hydrogen (secondary N) is 1. The summed E-state index contributed by atoms with van der Waals surface area (Å²) in [6, 6.07) is 0. The zero-order valence-electron chi connectivity index (χ0n) is 6.22. The minimum atomic E-state index is 0. The molecule has 0 saturated carbocycles. The van der Waals surface area contributed by atoms with Crippen LogP contribution < -0.4 is 5.32 Å². The topological polar surface area (TPSA) is 12.0 Å². The van der Waals surface area contributed by atoms with Crippen LogP contribution >= 0.6 is 0 Å². The van der Waals surface area contributed by atoms with E-state index in [0.29, 0.717) is 0 Å². The Morgan fingerprint density at radius 3 is 1.56 bits per heavy atom. The first-order chi connectivity index (χ1) is 3.41. The fourth-order valence-corrected chi connectivity index (χ4v) is 0.372. The van der Waals surface area contributed by atoms with Crippen molar-refractivity contribution in [2.45, 2.75) is 13.8 Å². The first kappa shape index (κ1) is 17.3. The summed E-state index contributed by atoms with van der Waals surface area (Å²) in [5.41, 5.74) is 0. The normalized spacial score (nSPS) is 7.33. The van der Waals surface area contributed by atoms with Gasteiger partial charge in [-0.1, -0.05) is 0 Å². The van der Waals surface area contributed by atoms with E-state index in [0.717, 1.165) is 13.1 Å². The van der Waals surface area contributed by atoms with Crippen LogP contribution in [0.15, 0.2) is 0 Å². The average Bonchev–Trinajstić information content (AvgIpc) is 1.69. The van der Waals surface area contributed by atoms with Crippen LogP contribution in [-0.2, 0) is 65.4 Å². The maximum Gasteiger partial charge on any atom is 0 e. The molecule has 0 atom stereocenters. The van der Waals surface area contributed by atoms with Gasteiger partial charge >= 0.3 is 0 Å². The van der Waals surface area contributed by atoms with Crippen molar-refractivity contribution in [2.24, 2.45) is 0 Å². The molecule has 0 amide bonds. The zero-order valence-corrected chi connectivity index (χ0v) is 11.9. The van der Waals surface area contributed by atoms with Crippen molar-refractivity contribution >= 4 is 0 Å². The van der Waals surface area contributed by atoms with E-state index in [-0.39, 0.29) is 65.4 Å². The van der Waals surface area contributed by atoms with Crippen LogP contribution in [0.2, 0.25) is 0 Å². The van der Waals surface area contributed by atoms with Crippen molar-refractivity contribution in [3.05, 3.63) is 12.8 Å². The smallest absolute Gasteiger partial charge is 0 e. The van der Waals surface area contributed by atoms with E-state index >= 15 is 0 Å². The Morgan fingerprint density at radius 1 is 1.00 bits per heavy atom. The summed E-state index contributed by atoms with van der Waals surface area (Å²) in [6.07, 6.45) is 4.20.